The first-order chi connectivity index (χ1) is 7.77. The van der Waals surface area contributed by atoms with Crippen molar-refractivity contribution in [1.82, 2.24) is 15.1 Å². The van der Waals surface area contributed by atoms with Gasteiger partial charge in [-0.3, -0.25) is 0 Å². The molecular weight excluding hydrogens is 198 g/mol. The average molecular weight is 225 g/mol. The molecule has 2 aliphatic heterocycles. The van der Waals surface area contributed by atoms with Crippen LogP contribution in [0.3, 0.4) is 0 Å². The molecule has 0 aromatic heterocycles. The van der Waals surface area contributed by atoms with Crippen molar-refractivity contribution in [3.63, 3.8) is 0 Å². The van der Waals surface area contributed by atoms with Crippen molar-refractivity contribution in [2.45, 2.75) is 32.2 Å². The van der Waals surface area contributed by atoms with E-state index >= 15 is 0 Å². The van der Waals surface area contributed by atoms with Gasteiger partial charge in [0.15, 0.2) is 0 Å². The molecule has 16 heavy (non-hydrogen) atoms. The molecule has 2 aliphatic rings. The first-order valence-corrected chi connectivity index (χ1v) is 6.90. The van der Waals surface area contributed by atoms with E-state index in [2.05, 4.69) is 29.1 Å². The van der Waals surface area contributed by atoms with Gasteiger partial charge in [-0.2, -0.15) is 0 Å². The highest BCUT2D eigenvalue weighted by Crippen LogP contribution is 2.16. The Hall–Kier alpha value is -0.120. The summed E-state index contributed by atoms with van der Waals surface area (Å²) in [6.07, 6.45) is 4.14. The van der Waals surface area contributed by atoms with E-state index in [1.54, 1.807) is 0 Å². The molecule has 0 spiro atoms. The Kier molecular flexibility index (Phi) is 4.62. The zero-order chi connectivity index (χ0) is 11.4. The Bertz CT molecular complexity index is 201. The van der Waals surface area contributed by atoms with E-state index in [-0.39, 0.29) is 0 Å². The summed E-state index contributed by atoms with van der Waals surface area (Å²) in [4.78, 5) is 5.20. The molecule has 3 heteroatoms. The highest BCUT2D eigenvalue weighted by atomic mass is 15.2. The number of rotatable bonds is 4. The lowest BCUT2D eigenvalue weighted by Gasteiger charge is -2.37. The van der Waals surface area contributed by atoms with Crippen LogP contribution < -0.4 is 5.32 Å². The minimum absolute atomic E-state index is 0.795. The summed E-state index contributed by atoms with van der Waals surface area (Å²) in [7, 11) is 2.31. The van der Waals surface area contributed by atoms with E-state index in [0.717, 1.165) is 12.0 Å². The molecule has 2 rings (SSSR count). The minimum Gasteiger partial charge on any atom is -0.316 e. The second-order valence-corrected chi connectivity index (χ2v) is 5.57. The predicted molar refractivity (Wildman–Crippen MR) is 68.7 cm³/mol. The van der Waals surface area contributed by atoms with Crippen LogP contribution in [0, 0.1) is 5.92 Å². The fourth-order valence-electron chi connectivity index (χ4n) is 3.13. The van der Waals surface area contributed by atoms with Crippen LogP contribution in [-0.2, 0) is 0 Å². The van der Waals surface area contributed by atoms with E-state index in [0.29, 0.717) is 0 Å². The van der Waals surface area contributed by atoms with Gasteiger partial charge in [0.25, 0.3) is 0 Å². The quantitative estimate of drug-likeness (QED) is 0.770. The Morgan fingerprint density at radius 2 is 2.06 bits per heavy atom. The molecule has 94 valence electrons. The third kappa shape index (κ3) is 3.19. The summed E-state index contributed by atoms with van der Waals surface area (Å²) >= 11 is 0. The average Bonchev–Trinajstić information content (AvgIpc) is 2.79. The lowest BCUT2D eigenvalue weighted by Crippen LogP contribution is -2.48. The normalized spacial score (nSPS) is 32.4. The number of hydrogen-bond acceptors (Lipinski definition) is 3. The third-order valence-electron chi connectivity index (χ3n) is 4.27. The summed E-state index contributed by atoms with van der Waals surface area (Å²) in [5, 5.41) is 3.48. The lowest BCUT2D eigenvalue weighted by atomic mass is 9.94. The first kappa shape index (κ1) is 12.3. The summed E-state index contributed by atoms with van der Waals surface area (Å²) in [5.74, 6) is 0.803. The Morgan fingerprint density at radius 3 is 2.75 bits per heavy atom. The molecule has 0 aromatic rings. The Labute approximate surface area is 100 Å². The maximum absolute atomic E-state index is 3.48. The maximum atomic E-state index is 3.48. The predicted octanol–water partition coefficient (Wildman–Crippen LogP) is 1.01. The molecule has 2 unspecified atom stereocenters. The molecule has 0 aromatic carbocycles. The van der Waals surface area contributed by atoms with Crippen LogP contribution >= 0.6 is 0 Å². The van der Waals surface area contributed by atoms with Gasteiger partial charge in [-0.25, -0.2) is 0 Å². The number of piperidine rings is 1. The topological polar surface area (TPSA) is 18.5 Å². The molecule has 3 nitrogen and oxygen atoms in total. The fraction of sp³-hybridized carbons (Fsp3) is 1.00. The number of likely N-dealkylation sites (tertiary alicyclic amines) is 1. The number of nitrogens with one attached hydrogen (secondary N) is 1. The molecule has 0 radical (unpaired) electrons. The van der Waals surface area contributed by atoms with Crippen LogP contribution in [-0.4, -0.2) is 62.2 Å². The molecule has 0 saturated carbocycles. The van der Waals surface area contributed by atoms with Crippen LogP contribution in [0.15, 0.2) is 0 Å². The van der Waals surface area contributed by atoms with Crippen molar-refractivity contribution in [3.8, 4) is 0 Å². The van der Waals surface area contributed by atoms with Gasteiger partial charge in [-0.1, -0.05) is 6.92 Å². The first-order valence-electron chi connectivity index (χ1n) is 6.90. The van der Waals surface area contributed by atoms with Crippen molar-refractivity contribution in [3.05, 3.63) is 0 Å². The highest BCUT2D eigenvalue weighted by molar-refractivity contribution is 4.82. The maximum Gasteiger partial charge on any atom is 0.0143 e. The van der Waals surface area contributed by atoms with Gasteiger partial charge < -0.3 is 15.1 Å². The molecule has 2 atom stereocenters. The van der Waals surface area contributed by atoms with Gasteiger partial charge in [0.2, 0.25) is 0 Å². The summed E-state index contributed by atoms with van der Waals surface area (Å²) in [6.45, 7) is 9.94. The van der Waals surface area contributed by atoms with Gasteiger partial charge in [0.05, 0.1) is 0 Å². The third-order valence-corrected chi connectivity index (χ3v) is 4.27. The second kappa shape index (κ2) is 5.99. The van der Waals surface area contributed by atoms with E-state index in [4.69, 9.17) is 0 Å². The largest absolute Gasteiger partial charge is 0.316 e. The van der Waals surface area contributed by atoms with Crippen LogP contribution in [0.4, 0.5) is 0 Å². The summed E-state index contributed by atoms with van der Waals surface area (Å²) in [6, 6.07) is 0.795. The van der Waals surface area contributed by atoms with Crippen molar-refractivity contribution in [2.24, 2.45) is 5.92 Å². The van der Waals surface area contributed by atoms with Gasteiger partial charge in [0, 0.05) is 19.1 Å². The van der Waals surface area contributed by atoms with Crippen molar-refractivity contribution < 1.29 is 0 Å². The minimum atomic E-state index is 0.795. The fourth-order valence-corrected chi connectivity index (χ4v) is 3.13. The van der Waals surface area contributed by atoms with Gasteiger partial charge in [-0.15, -0.1) is 0 Å². The summed E-state index contributed by atoms with van der Waals surface area (Å²) < 4.78 is 0. The van der Waals surface area contributed by atoms with E-state index in [1.165, 1.54) is 58.5 Å². The lowest BCUT2D eigenvalue weighted by molar-refractivity contribution is 0.135. The SMILES string of the molecule is CC1CNCCC1N(C)CCN1CCCC1. The summed E-state index contributed by atoms with van der Waals surface area (Å²) in [5.41, 5.74) is 0. The van der Waals surface area contributed by atoms with E-state index in [9.17, 15) is 0 Å². The smallest absolute Gasteiger partial charge is 0.0143 e. The molecule has 0 bridgehead atoms. The molecular formula is C13H27N3. The Balaban J connectivity index is 1.71. The van der Waals surface area contributed by atoms with Crippen molar-refractivity contribution in [2.75, 3.05) is 46.3 Å². The molecule has 0 aliphatic carbocycles. The van der Waals surface area contributed by atoms with Crippen LogP contribution in [0.2, 0.25) is 0 Å². The molecule has 2 fully saturated rings. The van der Waals surface area contributed by atoms with Crippen molar-refractivity contribution in [1.29, 1.82) is 0 Å². The van der Waals surface area contributed by atoms with Crippen LogP contribution in [0.5, 0.6) is 0 Å². The van der Waals surface area contributed by atoms with E-state index < -0.39 is 0 Å². The van der Waals surface area contributed by atoms with Crippen molar-refractivity contribution >= 4 is 0 Å². The highest BCUT2D eigenvalue weighted by Gasteiger charge is 2.24. The van der Waals surface area contributed by atoms with Crippen LogP contribution in [0.25, 0.3) is 0 Å². The van der Waals surface area contributed by atoms with Gasteiger partial charge in [-0.05, 0) is 58.4 Å². The standard InChI is InChI=1S/C13H27N3/c1-12-11-14-6-5-13(12)15(2)9-10-16-7-3-4-8-16/h12-14H,3-11H2,1-2H3. The van der Waals surface area contributed by atoms with Crippen LogP contribution in [0.1, 0.15) is 26.2 Å². The molecule has 0 amide bonds. The monoisotopic (exact) mass is 225 g/mol. The number of likely N-dealkylation sites (N-methyl/N-ethyl adjacent to an activating group) is 1. The van der Waals surface area contributed by atoms with E-state index in [1.807, 2.05) is 0 Å². The number of nitrogens with zero attached hydrogens (tertiary/aromatic N) is 2. The molecule has 2 heterocycles. The Morgan fingerprint density at radius 1 is 1.31 bits per heavy atom. The molecule has 1 N–H and O–H groups in total. The van der Waals surface area contributed by atoms with Gasteiger partial charge >= 0.3 is 0 Å². The zero-order valence-corrected chi connectivity index (χ0v) is 10.9. The van der Waals surface area contributed by atoms with Gasteiger partial charge in [0.1, 0.15) is 0 Å². The number of hydrogen-bond donors (Lipinski definition) is 1. The second-order valence-electron chi connectivity index (χ2n) is 5.57. The zero-order valence-electron chi connectivity index (χ0n) is 10.9. The molecule has 2 saturated heterocycles.